The summed E-state index contributed by atoms with van der Waals surface area (Å²) in [7, 11) is 3.04. The van der Waals surface area contributed by atoms with Crippen LogP contribution in [0.4, 0.5) is 11.4 Å². The highest BCUT2D eigenvalue weighted by Crippen LogP contribution is 2.35. The highest BCUT2D eigenvalue weighted by atomic mass is 16.7. The fourth-order valence-electron chi connectivity index (χ4n) is 2.68. The van der Waals surface area contributed by atoms with Gasteiger partial charge in [-0.2, -0.15) is 0 Å². The van der Waals surface area contributed by atoms with Gasteiger partial charge in [-0.3, -0.25) is 9.59 Å². The fraction of sp³-hybridized carbons (Fsp3) is 0.263. The minimum absolute atomic E-state index is 0.134. The first-order valence-electron chi connectivity index (χ1n) is 8.21. The molecule has 0 unspecified atom stereocenters. The molecule has 2 aromatic rings. The van der Waals surface area contributed by atoms with Crippen LogP contribution in [0.15, 0.2) is 36.4 Å². The van der Waals surface area contributed by atoms with Gasteiger partial charge in [0.15, 0.2) is 11.5 Å². The summed E-state index contributed by atoms with van der Waals surface area (Å²) in [5.74, 6) is 1.55. The average molecular weight is 372 g/mol. The van der Waals surface area contributed by atoms with Gasteiger partial charge in [0, 0.05) is 24.7 Å². The fourth-order valence-corrected chi connectivity index (χ4v) is 2.68. The molecular weight excluding hydrogens is 352 g/mol. The Bertz CT molecular complexity index is 867. The van der Waals surface area contributed by atoms with Crippen molar-refractivity contribution in [2.75, 3.05) is 37.8 Å². The van der Waals surface area contributed by atoms with Crippen LogP contribution in [0.2, 0.25) is 0 Å². The predicted molar refractivity (Wildman–Crippen MR) is 98.8 cm³/mol. The van der Waals surface area contributed by atoms with Crippen LogP contribution in [0.3, 0.4) is 0 Å². The van der Waals surface area contributed by atoms with E-state index in [-0.39, 0.29) is 25.2 Å². The molecule has 1 aliphatic rings. The Kier molecular flexibility index (Phi) is 5.35. The van der Waals surface area contributed by atoms with E-state index in [1.165, 1.54) is 26.0 Å². The molecule has 0 spiro atoms. The number of amides is 2. The normalized spacial score (nSPS) is 11.7. The Balaban J connectivity index is 1.77. The van der Waals surface area contributed by atoms with Crippen LogP contribution >= 0.6 is 0 Å². The molecule has 1 aliphatic heterocycles. The summed E-state index contributed by atoms with van der Waals surface area (Å²) in [4.78, 5) is 26.0. The van der Waals surface area contributed by atoms with E-state index in [1.54, 1.807) is 36.4 Å². The van der Waals surface area contributed by atoms with E-state index in [2.05, 4.69) is 5.32 Å². The Morgan fingerprint density at radius 1 is 1.07 bits per heavy atom. The van der Waals surface area contributed by atoms with E-state index < -0.39 is 0 Å². The van der Waals surface area contributed by atoms with Crippen molar-refractivity contribution >= 4 is 23.2 Å². The first-order valence-corrected chi connectivity index (χ1v) is 8.21. The molecule has 27 heavy (non-hydrogen) atoms. The van der Waals surface area contributed by atoms with Crippen LogP contribution in [0, 0.1) is 0 Å². The highest BCUT2D eigenvalue weighted by Gasteiger charge is 2.21. The molecule has 142 valence electrons. The molecule has 0 aromatic heterocycles. The van der Waals surface area contributed by atoms with Crippen LogP contribution < -0.4 is 29.2 Å². The van der Waals surface area contributed by atoms with E-state index in [1.807, 2.05) is 0 Å². The Labute approximate surface area is 156 Å². The van der Waals surface area contributed by atoms with Crippen molar-refractivity contribution in [3.8, 4) is 23.0 Å². The van der Waals surface area contributed by atoms with Crippen LogP contribution in [0.1, 0.15) is 6.92 Å². The summed E-state index contributed by atoms with van der Waals surface area (Å²) in [5.41, 5.74) is 0.996. The lowest BCUT2D eigenvalue weighted by molar-refractivity contribution is -0.120. The number of hydrogen-bond acceptors (Lipinski definition) is 6. The molecule has 1 N–H and O–H groups in total. The smallest absolute Gasteiger partial charge is 0.244 e. The number of ether oxygens (including phenoxy) is 4. The van der Waals surface area contributed by atoms with Gasteiger partial charge in [0.25, 0.3) is 0 Å². The van der Waals surface area contributed by atoms with Gasteiger partial charge in [-0.05, 0) is 24.3 Å². The monoisotopic (exact) mass is 372 g/mol. The standard InChI is InChI=1S/C19H20N2O6/c1-12(22)21(13-4-6-17-18(8-13)27-11-26-17)10-19(23)20-15-9-14(24-2)5-7-16(15)25-3/h4-9H,10-11H2,1-3H3,(H,20,23). The number of nitrogens with one attached hydrogen (secondary N) is 1. The average Bonchev–Trinajstić information content (AvgIpc) is 3.13. The van der Waals surface area contributed by atoms with E-state index in [0.717, 1.165) is 0 Å². The molecule has 0 saturated heterocycles. The zero-order chi connectivity index (χ0) is 19.4. The largest absolute Gasteiger partial charge is 0.497 e. The number of carbonyl (C=O) groups is 2. The molecule has 2 aromatic carbocycles. The second-order valence-electron chi connectivity index (χ2n) is 5.76. The quantitative estimate of drug-likeness (QED) is 0.838. The van der Waals surface area contributed by atoms with Crippen LogP contribution in [-0.4, -0.2) is 39.4 Å². The first kappa shape index (κ1) is 18.4. The Hall–Kier alpha value is -3.42. The lowest BCUT2D eigenvalue weighted by Crippen LogP contribution is -2.36. The summed E-state index contributed by atoms with van der Waals surface area (Å²) >= 11 is 0. The van der Waals surface area contributed by atoms with Gasteiger partial charge in [-0.25, -0.2) is 0 Å². The summed E-state index contributed by atoms with van der Waals surface area (Å²) in [6, 6.07) is 10.1. The number of rotatable bonds is 6. The molecule has 8 nitrogen and oxygen atoms in total. The van der Waals surface area contributed by atoms with Crippen molar-refractivity contribution in [1.29, 1.82) is 0 Å². The topological polar surface area (TPSA) is 86.3 Å². The van der Waals surface area contributed by atoms with Gasteiger partial charge >= 0.3 is 0 Å². The number of carbonyl (C=O) groups excluding carboxylic acids is 2. The third-order valence-corrected chi connectivity index (χ3v) is 4.03. The molecule has 8 heteroatoms. The molecule has 0 aliphatic carbocycles. The number of nitrogens with zero attached hydrogens (tertiary/aromatic N) is 1. The van der Waals surface area contributed by atoms with Crippen molar-refractivity contribution in [2.24, 2.45) is 0 Å². The highest BCUT2D eigenvalue weighted by molar-refractivity contribution is 6.02. The summed E-state index contributed by atoms with van der Waals surface area (Å²) < 4.78 is 21.0. The molecule has 0 atom stereocenters. The number of anilines is 2. The van der Waals surface area contributed by atoms with Gasteiger partial charge < -0.3 is 29.2 Å². The third kappa shape index (κ3) is 4.05. The summed E-state index contributed by atoms with van der Waals surface area (Å²) in [6.07, 6.45) is 0. The first-order chi connectivity index (χ1) is 13.0. The molecule has 0 bridgehead atoms. The predicted octanol–water partition coefficient (Wildman–Crippen LogP) is 2.42. The SMILES string of the molecule is COc1ccc(OC)c(NC(=O)CN(C(C)=O)c2ccc3c(c2)OCO3)c1. The van der Waals surface area contributed by atoms with Gasteiger partial charge in [-0.15, -0.1) is 0 Å². The second kappa shape index (κ2) is 7.86. The van der Waals surface area contributed by atoms with E-state index >= 15 is 0 Å². The zero-order valence-electron chi connectivity index (χ0n) is 15.3. The van der Waals surface area contributed by atoms with Gasteiger partial charge in [0.2, 0.25) is 18.6 Å². The van der Waals surface area contributed by atoms with Gasteiger partial charge in [-0.1, -0.05) is 0 Å². The van der Waals surface area contributed by atoms with Crippen LogP contribution in [0.5, 0.6) is 23.0 Å². The van der Waals surface area contributed by atoms with Gasteiger partial charge in [0.05, 0.1) is 19.9 Å². The van der Waals surface area contributed by atoms with E-state index in [4.69, 9.17) is 18.9 Å². The summed E-state index contributed by atoms with van der Waals surface area (Å²) in [6.45, 7) is 1.36. The molecule has 0 fully saturated rings. The Morgan fingerprint density at radius 2 is 1.85 bits per heavy atom. The minimum Gasteiger partial charge on any atom is -0.497 e. The lowest BCUT2D eigenvalue weighted by Gasteiger charge is -2.21. The van der Waals surface area contributed by atoms with Crippen molar-refractivity contribution in [3.05, 3.63) is 36.4 Å². The number of benzene rings is 2. The van der Waals surface area contributed by atoms with Crippen LogP contribution in [-0.2, 0) is 9.59 Å². The van der Waals surface area contributed by atoms with Crippen molar-refractivity contribution in [2.45, 2.75) is 6.92 Å². The molecule has 3 rings (SSSR count). The van der Waals surface area contributed by atoms with Crippen molar-refractivity contribution < 1.29 is 28.5 Å². The molecular formula is C19H20N2O6. The number of hydrogen-bond donors (Lipinski definition) is 1. The minimum atomic E-state index is -0.380. The molecule has 0 radical (unpaired) electrons. The van der Waals surface area contributed by atoms with Crippen molar-refractivity contribution in [1.82, 2.24) is 0 Å². The molecule has 1 heterocycles. The molecule has 2 amide bonds. The number of fused-ring (bicyclic) bond motifs is 1. The zero-order valence-corrected chi connectivity index (χ0v) is 15.3. The molecule has 0 saturated carbocycles. The van der Waals surface area contributed by atoms with Crippen molar-refractivity contribution in [3.63, 3.8) is 0 Å². The third-order valence-electron chi connectivity index (χ3n) is 4.03. The van der Waals surface area contributed by atoms with E-state index in [9.17, 15) is 9.59 Å². The van der Waals surface area contributed by atoms with E-state index in [0.29, 0.717) is 34.4 Å². The maximum absolute atomic E-state index is 12.5. The van der Waals surface area contributed by atoms with Crippen LogP contribution in [0.25, 0.3) is 0 Å². The van der Waals surface area contributed by atoms with Gasteiger partial charge in [0.1, 0.15) is 18.0 Å². The summed E-state index contributed by atoms with van der Waals surface area (Å²) in [5, 5.41) is 2.75. The maximum Gasteiger partial charge on any atom is 0.244 e. The lowest BCUT2D eigenvalue weighted by atomic mass is 10.2. The number of methoxy groups -OCH3 is 2. The maximum atomic E-state index is 12.5. The second-order valence-corrected chi connectivity index (χ2v) is 5.76. The Morgan fingerprint density at radius 3 is 2.56 bits per heavy atom.